The lowest BCUT2D eigenvalue weighted by Crippen LogP contribution is -2.27. The van der Waals surface area contributed by atoms with Crippen LogP contribution in [-0.2, 0) is 12.0 Å². The lowest BCUT2D eigenvalue weighted by Gasteiger charge is -2.25. The number of aliphatic hydroxyl groups is 1. The van der Waals surface area contributed by atoms with Gasteiger partial charge in [0.05, 0.1) is 5.60 Å². The highest BCUT2D eigenvalue weighted by Gasteiger charge is 2.30. The molecule has 0 aliphatic heterocycles. The highest BCUT2D eigenvalue weighted by Crippen LogP contribution is 2.30. The van der Waals surface area contributed by atoms with Crippen molar-refractivity contribution in [1.82, 2.24) is 0 Å². The number of benzene rings is 2. The highest BCUT2D eigenvalue weighted by molar-refractivity contribution is 5.29. The first-order chi connectivity index (χ1) is 9.33. The Balaban J connectivity index is 2.41. The van der Waals surface area contributed by atoms with Gasteiger partial charge in [0, 0.05) is 12.0 Å². The van der Waals surface area contributed by atoms with Crippen molar-refractivity contribution in [2.24, 2.45) is 0 Å². The number of hydrogen-bond acceptors (Lipinski definition) is 1. The van der Waals surface area contributed by atoms with Gasteiger partial charge in [0.15, 0.2) is 17.5 Å². The zero-order valence-electron chi connectivity index (χ0n) is 10.6. The first-order valence-electron chi connectivity index (χ1n) is 5.92. The van der Waals surface area contributed by atoms with Gasteiger partial charge in [0.25, 0.3) is 0 Å². The maximum absolute atomic E-state index is 13.7. The van der Waals surface area contributed by atoms with E-state index < -0.39 is 34.4 Å². The fourth-order valence-corrected chi connectivity index (χ4v) is 2.05. The lowest BCUT2D eigenvalue weighted by molar-refractivity contribution is 0.0519. The van der Waals surface area contributed by atoms with Crippen LogP contribution in [0, 0.1) is 23.3 Å². The van der Waals surface area contributed by atoms with Crippen molar-refractivity contribution < 1.29 is 22.7 Å². The van der Waals surface area contributed by atoms with Crippen molar-refractivity contribution in [3.05, 3.63) is 70.8 Å². The second-order valence-corrected chi connectivity index (χ2v) is 4.76. The molecule has 0 spiro atoms. The van der Waals surface area contributed by atoms with E-state index in [1.54, 1.807) is 6.07 Å². The summed E-state index contributed by atoms with van der Waals surface area (Å²) < 4.78 is 53.3. The average Bonchev–Trinajstić information content (AvgIpc) is 2.38. The zero-order valence-corrected chi connectivity index (χ0v) is 10.6. The Bertz CT molecular complexity index is 638. The van der Waals surface area contributed by atoms with E-state index in [1.807, 2.05) is 0 Å². The minimum atomic E-state index is -1.86. The van der Waals surface area contributed by atoms with Crippen LogP contribution in [0.25, 0.3) is 0 Å². The molecule has 20 heavy (non-hydrogen) atoms. The Hall–Kier alpha value is -1.88. The van der Waals surface area contributed by atoms with Gasteiger partial charge in [-0.05, 0) is 24.6 Å². The van der Waals surface area contributed by atoms with E-state index in [0.717, 1.165) is 12.1 Å². The van der Waals surface area contributed by atoms with Gasteiger partial charge in [-0.15, -0.1) is 0 Å². The topological polar surface area (TPSA) is 20.2 Å². The van der Waals surface area contributed by atoms with Crippen molar-refractivity contribution in [2.75, 3.05) is 0 Å². The Morgan fingerprint density at radius 1 is 0.900 bits per heavy atom. The van der Waals surface area contributed by atoms with Gasteiger partial charge >= 0.3 is 0 Å². The molecule has 5 heteroatoms. The molecule has 1 unspecified atom stereocenters. The second kappa shape index (κ2) is 5.25. The summed E-state index contributed by atoms with van der Waals surface area (Å²) in [5.74, 6) is -5.02. The van der Waals surface area contributed by atoms with Crippen LogP contribution in [-0.4, -0.2) is 5.11 Å². The largest absolute Gasteiger partial charge is 0.385 e. The second-order valence-electron chi connectivity index (χ2n) is 4.76. The van der Waals surface area contributed by atoms with E-state index in [1.165, 1.54) is 25.1 Å². The molecule has 0 heterocycles. The molecule has 0 aliphatic carbocycles. The lowest BCUT2D eigenvalue weighted by atomic mass is 9.88. The molecule has 0 aromatic heterocycles. The van der Waals surface area contributed by atoms with Crippen LogP contribution >= 0.6 is 0 Å². The van der Waals surface area contributed by atoms with Crippen molar-refractivity contribution in [2.45, 2.75) is 18.9 Å². The first-order valence-corrected chi connectivity index (χ1v) is 5.92. The molecule has 0 aliphatic rings. The standard InChI is InChI=1S/C15H12F4O/c1-15(20,8-9-4-2-3-5-11(9)16)10-6-7-12(17)14(19)13(10)18/h2-7,20H,8H2,1H3. The first kappa shape index (κ1) is 14.5. The molecule has 0 amide bonds. The van der Waals surface area contributed by atoms with Gasteiger partial charge in [-0.3, -0.25) is 0 Å². The predicted octanol–water partition coefficient (Wildman–Crippen LogP) is 3.69. The minimum Gasteiger partial charge on any atom is -0.385 e. The third-order valence-electron chi connectivity index (χ3n) is 3.11. The Labute approximate surface area is 113 Å². The van der Waals surface area contributed by atoms with E-state index in [4.69, 9.17) is 0 Å². The summed E-state index contributed by atoms with van der Waals surface area (Å²) >= 11 is 0. The monoisotopic (exact) mass is 284 g/mol. The van der Waals surface area contributed by atoms with Gasteiger partial charge in [0.2, 0.25) is 0 Å². The summed E-state index contributed by atoms with van der Waals surface area (Å²) in [4.78, 5) is 0. The molecular weight excluding hydrogens is 272 g/mol. The smallest absolute Gasteiger partial charge is 0.194 e. The summed E-state index contributed by atoms with van der Waals surface area (Å²) in [6, 6.07) is 7.36. The molecular formula is C15H12F4O. The van der Waals surface area contributed by atoms with Gasteiger partial charge < -0.3 is 5.11 Å². The quantitative estimate of drug-likeness (QED) is 0.673. The third kappa shape index (κ3) is 2.67. The summed E-state index contributed by atoms with van der Waals surface area (Å²) in [6.07, 6.45) is -0.262. The van der Waals surface area contributed by atoms with Crippen LogP contribution < -0.4 is 0 Å². The average molecular weight is 284 g/mol. The third-order valence-corrected chi connectivity index (χ3v) is 3.11. The fourth-order valence-electron chi connectivity index (χ4n) is 2.05. The number of rotatable bonds is 3. The van der Waals surface area contributed by atoms with Crippen LogP contribution in [0.5, 0.6) is 0 Å². The van der Waals surface area contributed by atoms with E-state index in [0.29, 0.717) is 0 Å². The van der Waals surface area contributed by atoms with Crippen LogP contribution in [0.15, 0.2) is 36.4 Å². The fraction of sp³-hybridized carbons (Fsp3) is 0.200. The molecule has 0 saturated carbocycles. The molecule has 1 atom stereocenters. The normalized spacial score (nSPS) is 14.1. The Morgan fingerprint density at radius 3 is 2.20 bits per heavy atom. The molecule has 2 aromatic rings. The SMILES string of the molecule is CC(O)(Cc1ccccc1F)c1ccc(F)c(F)c1F. The van der Waals surface area contributed by atoms with Crippen LogP contribution in [0.4, 0.5) is 17.6 Å². The Kier molecular flexibility index (Phi) is 3.81. The molecule has 0 radical (unpaired) electrons. The van der Waals surface area contributed by atoms with E-state index >= 15 is 0 Å². The predicted molar refractivity (Wildman–Crippen MR) is 66.0 cm³/mol. The summed E-state index contributed by atoms with van der Waals surface area (Å²) in [5, 5.41) is 10.3. The molecule has 2 aromatic carbocycles. The maximum Gasteiger partial charge on any atom is 0.194 e. The van der Waals surface area contributed by atoms with Crippen molar-refractivity contribution in [3.8, 4) is 0 Å². The number of hydrogen-bond donors (Lipinski definition) is 1. The molecule has 1 nitrogen and oxygen atoms in total. The molecule has 1 N–H and O–H groups in total. The molecule has 0 saturated heterocycles. The molecule has 0 fully saturated rings. The van der Waals surface area contributed by atoms with E-state index in [2.05, 4.69) is 0 Å². The highest BCUT2D eigenvalue weighted by atomic mass is 19.2. The molecule has 0 bridgehead atoms. The van der Waals surface area contributed by atoms with E-state index in [9.17, 15) is 22.7 Å². The molecule has 2 rings (SSSR count). The van der Waals surface area contributed by atoms with E-state index in [-0.39, 0.29) is 12.0 Å². The summed E-state index contributed by atoms with van der Waals surface area (Å²) in [5.41, 5.74) is -2.12. The van der Waals surface area contributed by atoms with Gasteiger partial charge in [-0.1, -0.05) is 24.3 Å². The van der Waals surface area contributed by atoms with Gasteiger partial charge in [-0.2, -0.15) is 0 Å². The minimum absolute atomic E-state index is 0.154. The van der Waals surface area contributed by atoms with Crippen LogP contribution in [0.2, 0.25) is 0 Å². The molecule has 106 valence electrons. The van der Waals surface area contributed by atoms with Gasteiger partial charge in [0.1, 0.15) is 5.82 Å². The Morgan fingerprint density at radius 2 is 1.55 bits per heavy atom. The van der Waals surface area contributed by atoms with Crippen LogP contribution in [0.3, 0.4) is 0 Å². The summed E-state index contributed by atoms with van der Waals surface area (Å²) in [6.45, 7) is 1.22. The van der Waals surface area contributed by atoms with Gasteiger partial charge in [-0.25, -0.2) is 17.6 Å². The van der Waals surface area contributed by atoms with Crippen molar-refractivity contribution in [1.29, 1.82) is 0 Å². The number of halogens is 4. The summed E-state index contributed by atoms with van der Waals surface area (Å²) in [7, 11) is 0. The maximum atomic E-state index is 13.7. The zero-order chi connectivity index (χ0) is 14.9. The van der Waals surface area contributed by atoms with Crippen LogP contribution in [0.1, 0.15) is 18.1 Å². The van der Waals surface area contributed by atoms with Crippen molar-refractivity contribution >= 4 is 0 Å². The van der Waals surface area contributed by atoms with Crippen molar-refractivity contribution in [3.63, 3.8) is 0 Å².